The Hall–Kier alpha value is -3.35. The summed E-state index contributed by atoms with van der Waals surface area (Å²) >= 11 is 0. The molecule has 136 valence electrons. The number of hydrogen-bond acceptors (Lipinski definition) is 5. The van der Waals surface area contributed by atoms with Crippen LogP contribution in [0.4, 0.5) is 10.2 Å². The van der Waals surface area contributed by atoms with Crippen molar-refractivity contribution in [2.45, 2.75) is 18.3 Å². The van der Waals surface area contributed by atoms with Crippen LogP contribution in [0.3, 0.4) is 0 Å². The molecular formula is C20H17FN4O2. The third-order valence-corrected chi connectivity index (χ3v) is 4.76. The van der Waals surface area contributed by atoms with Crippen LogP contribution in [0.15, 0.2) is 55.1 Å². The number of ether oxygens (including phenoxy) is 1. The molecule has 0 bridgehead atoms. The molecule has 3 aromatic rings. The highest BCUT2D eigenvalue weighted by atomic mass is 19.1. The predicted molar refractivity (Wildman–Crippen MR) is 97.8 cm³/mol. The highest BCUT2D eigenvalue weighted by Gasteiger charge is 2.51. The molecule has 0 radical (unpaired) electrons. The Bertz CT molecular complexity index is 990. The molecular weight excluding hydrogens is 347 g/mol. The van der Waals surface area contributed by atoms with Gasteiger partial charge in [-0.15, -0.1) is 0 Å². The first-order valence-electron chi connectivity index (χ1n) is 8.50. The van der Waals surface area contributed by atoms with E-state index in [4.69, 9.17) is 4.74 Å². The number of methoxy groups -OCH3 is 1. The van der Waals surface area contributed by atoms with E-state index < -0.39 is 11.2 Å². The molecule has 2 heterocycles. The fourth-order valence-electron chi connectivity index (χ4n) is 3.13. The number of benzene rings is 1. The molecule has 0 atom stereocenters. The molecule has 1 amide bonds. The van der Waals surface area contributed by atoms with E-state index in [-0.39, 0.29) is 5.91 Å². The number of pyridine rings is 1. The van der Waals surface area contributed by atoms with E-state index in [0.717, 1.165) is 18.4 Å². The lowest BCUT2D eigenvalue weighted by atomic mass is 9.96. The van der Waals surface area contributed by atoms with E-state index in [1.807, 2.05) is 12.1 Å². The van der Waals surface area contributed by atoms with Gasteiger partial charge in [-0.3, -0.25) is 9.78 Å². The second kappa shape index (κ2) is 6.75. The summed E-state index contributed by atoms with van der Waals surface area (Å²) in [5.74, 6) is 0.327. The molecule has 0 saturated heterocycles. The van der Waals surface area contributed by atoms with Gasteiger partial charge < -0.3 is 10.1 Å². The van der Waals surface area contributed by atoms with Crippen LogP contribution in [0, 0.1) is 5.82 Å². The van der Waals surface area contributed by atoms with Crippen LogP contribution in [-0.4, -0.2) is 28.0 Å². The first-order valence-corrected chi connectivity index (χ1v) is 8.50. The topological polar surface area (TPSA) is 77.0 Å². The van der Waals surface area contributed by atoms with Gasteiger partial charge in [-0.25, -0.2) is 14.4 Å². The van der Waals surface area contributed by atoms with Crippen LogP contribution in [0.2, 0.25) is 0 Å². The Morgan fingerprint density at radius 1 is 1.15 bits per heavy atom. The van der Waals surface area contributed by atoms with Crippen LogP contribution in [0.1, 0.15) is 18.4 Å². The van der Waals surface area contributed by atoms with Crippen molar-refractivity contribution in [3.05, 3.63) is 66.5 Å². The molecule has 0 spiro atoms. The largest absolute Gasteiger partial charge is 0.496 e. The van der Waals surface area contributed by atoms with Gasteiger partial charge in [-0.1, -0.05) is 0 Å². The van der Waals surface area contributed by atoms with Gasteiger partial charge in [0.05, 0.1) is 18.2 Å². The standard InChI is InChI=1S/C20H17FN4O2/c1-27-17-3-2-14(21)10-15(17)16-11-18(24-12-23-16)25-19(26)20(6-7-20)13-4-8-22-9-5-13/h2-5,8-12H,6-7H2,1H3,(H,23,24,25,26). The molecule has 0 aliphatic heterocycles. The zero-order chi connectivity index (χ0) is 18.9. The summed E-state index contributed by atoms with van der Waals surface area (Å²) in [5.41, 5.74) is 1.36. The maximum absolute atomic E-state index is 13.7. The Morgan fingerprint density at radius 3 is 2.63 bits per heavy atom. The zero-order valence-electron chi connectivity index (χ0n) is 14.6. The summed E-state index contributed by atoms with van der Waals surface area (Å²) in [4.78, 5) is 25.2. The molecule has 1 fully saturated rings. The van der Waals surface area contributed by atoms with Crippen molar-refractivity contribution in [3.8, 4) is 17.0 Å². The van der Waals surface area contributed by atoms with Crippen molar-refractivity contribution in [2.24, 2.45) is 0 Å². The van der Waals surface area contributed by atoms with E-state index in [0.29, 0.717) is 22.8 Å². The summed E-state index contributed by atoms with van der Waals surface area (Å²) in [6.45, 7) is 0. The Balaban J connectivity index is 1.61. The maximum atomic E-state index is 13.7. The van der Waals surface area contributed by atoms with Crippen LogP contribution < -0.4 is 10.1 Å². The first kappa shape index (κ1) is 17.1. The molecule has 1 aliphatic carbocycles. The van der Waals surface area contributed by atoms with Gasteiger partial charge in [0.1, 0.15) is 23.7 Å². The van der Waals surface area contributed by atoms with Gasteiger partial charge in [0.25, 0.3) is 0 Å². The van der Waals surface area contributed by atoms with Crippen molar-refractivity contribution in [1.82, 2.24) is 15.0 Å². The van der Waals surface area contributed by atoms with E-state index in [1.54, 1.807) is 18.5 Å². The second-order valence-corrected chi connectivity index (χ2v) is 6.41. The van der Waals surface area contributed by atoms with Crippen LogP contribution in [-0.2, 0) is 10.2 Å². The van der Waals surface area contributed by atoms with Gasteiger partial charge in [-0.05, 0) is 48.7 Å². The third kappa shape index (κ3) is 3.23. The number of nitrogens with zero attached hydrogens (tertiary/aromatic N) is 3. The van der Waals surface area contributed by atoms with E-state index >= 15 is 0 Å². The van der Waals surface area contributed by atoms with Gasteiger partial charge in [-0.2, -0.15) is 0 Å². The quantitative estimate of drug-likeness (QED) is 0.751. The van der Waals surface area contributed by atoms with E-state index in [2.05, 4.69) is 20.3 Å². The molecule has 6 nitrogen and oxygen atoms in total. The van der Waals surface area contributed by atoms with Crippen molar-refractivity contribution < 1.29 is 13.9 Å². The smallest absolute Gasteiger partial charge is 0.236 e. The van der Waals surface area contributed by atoms with Gasteiger partial charge in [0, 0.05) is 24.0 Å². The fraction of sp³-hybridized carbons (Fsp3) is 0.200. The molecule has 27 heavy (non-hydrogen) atoms. The lowest BCUT2D eigenvalue weighted by Gasteiger charge is -2.15. The van der Waals surface area contributed by atoms with Crippen LogP contribution >= 0.6 is 0 Å². The molecule has 1 aromatic carbocycles. The molecule has 1 saturated carbocycles. The summed E-state index contributed by atoms with van der Waals surface area (Å²) in [6.07, 6.45) is 6.25. The van der Waals surface area contributed by atoms with Crippen molar-refractivity contribution >= 4 is 11.7 Å². The predicted octanol–water partition coefficient (Wildman–Crippen LogP) is 3.36. The SMILES string of the molecule is COc1ccc(F)cc1-c1cc(NC(=O)C2(c3ccncc3)CC2)ncn1. The van der Waals surface area contributed by atoms with Crippen molar-refractivity contribution in [2.75, 3.05) is 12.4 Å². The molecule has 1 N–H and O–H groups in total. The highest BCUT2D eigenvalue weighted by Crippen LogP contribution is 2.48. The Labute approximate surface area is 155 Å². The number of carbonyl (C=O) groups excluding carboxylic acids is 1. The third-order valence-electron chi connectivity index (χ3n) is 4.76. The summed E-state index contributed by atoms with van der Waals surface area (Å²) in [7, 11) is 1.51. The molecule has 1 aliphatic rings. The summed E-state index contributed by atoms with van der Waals surface area (Å²) in [5, 5.41) is 2.86. The molecule has 7 heteroatoms. The minimum Gasteiger partial charge on any atom is -0.496 e. The lowest BCUT2D eigenvalue weighted by molar-refractivity contribution is -0.118. The molecule has 2 aromatic heterocycles. The first-order chi connectivity index (χ1) is 13.1. The monoisotopic (exact) mass is 364 g/mol. The lowest BCUT2D eigenvalue weighted by Crippen LogP contribution is -2.28. The van der Waals surface area contributed by atoms with Gasteiger partial charge in [0.2, 0.25) is 5.91 Å². The number of halogens is 1. The maximum Gasteiger partial charge on any atom is 0.236 e. The summed E-state index contributed by atoms with van der Waals surface area (Å²) in [6, 6.07) is 9.51. The Kier molecular flexibility index (Phi) is 4.27. The number of hydrogen-bond donors (Lipinski definition) is 1. The number of aromatic nitrogens is 3. The highest BCUT2D eigenvalue weighted by molar-refractivity contribution is 6.01. The van der Waals surface area contributed by atoms with E-state index in [1.165, 1.54) is 31.6 Å². The number of amides is 1. The normalized spacial score (nSPS) is 14.4. The number of carbonyl (C=O) groups is 1. The van der Waals surface area contributed by atoms with Crippen LogP contribution in [0.25, 0.3) is 11.3 Å². The fourth-order valence-corrected chi connectivity index (χ4v) is 3.13. The number of anilines is 1. The number of rotatable bonds is 5. The zero-order valence-corrected chi connectivity index (χ0v) is 14.6. The van der Waals surface area contributed by atoms with Gasteiger partial charge >= 0.3 is 0 Å². The van der Waals surface area contributed by atoms with Crippen LogP contribution in [0.5, 0.6) is 5.75 Å². The van der Waals surface area contributed by atoms with E-state index in [9.17, 15) is 9.18 Å². The molecule has 4 rings (SSSR count). The average Bonchev–Trinajstić information content (AvgIpc) is 3.51. The number of nitrogens with one attached hydrogen (secondary N) is 1. The summed E-state index contributed by atoms with van der Waals surface area (Å²) < 4.78 is 18.9. The molecule has 0 unspecified atom stereocenters. The second-order valence-electron chi connectivity index (χ2n) is 6.41. The minimum atomic E-state index is -0.537. The Morgan fingerprint density at radius 2 is 1.93 bits per heavy atom. The average molecular weight is 364 g/mol. The van der Waals surface area contributed by atoms with Crippen molar-refractivity contribution in [3.63, 3.8) is 0 Å². The minimum absolute atomic E-state index is 0.121. The van der Waals surface area contributed by atoms with Crippen molar-refractivity contribution in [1.29, 1.82) is 0 Å². The van der Waals surface area contributed by atoms with Gasteiger partial charge in [0.15, 0.2) is 0 Å².